The summed E-state index contributed by atoms with van der Waals surface area (Å²) in [7, 11) is -3.51. The fourth-order valence-corrected chi connectivity index (χ4v) is 6.36. The quantitative estimate of drug-likeness (QED) is 0.680. The Bertz CT molecular complexity index is 988. The number of fused-ring (bicyclic) bond motifs is 1. The molecule has 2 atom stereocenters. The minimum atomic E-state index is -3.51. The maximum atomic E-state index is 13.3. The highest BCUT2D eigenvalue weighted by atomic mass is 32.2. The third-order valence-corrected chi connectivity index (χ3v) is 8.86. The molecule has 4 rings (SSSR count). The van der Waals surface area contributed by atoms with Crippen molar-refractivity contribution in [1.82, 2.24) is 14.5 Å². The van der Waals surface area contributed by atoms with Gasteiger partial charge in [-0.2, -0.15) is 4.31 Å². The Morgan fingerprint density at radius 2 is 1.94 bits per heavy atom. The van der Waals surface area contributed by atoms with Crippen LogP contribution in [0.4, 0.5) is 0 Å². The van der Waals surface area contributed by atoms with Gasteiger partial charge in [0.2, 0.25) is 15.9 Å². The van der Waals surface area contributed by atoms with Crippen LogP contribution in [0.15, 0.2) is 41.8 Å². The summed E-state index contributed by atoms with van der Waals surface area (Å²) in [5.74, 6) is -0.258. The van der Waals surface area contributed by atoms with Gasteiger partial charge in [0.25, 0.3) is 0 Å². The van der Waals surface area contributed by atoms with Gasteiger partial charge in [-0.05, 0) is 35.9 Å². The summed E-state index contributed by atoms with van der Waals surface area (Å²) in [6, 6.07) is 11.2. The van der Waals surface area contributed by atoms with Gasteiger partial charge < -0.3 is 10.1 Å². The summed E-state index contributed by atoms with van der Waals surface area (Å²) in [5.41, 5.74) is 2.00. The standard InChI is InChI=1S/C22H29N3O4S2/c1-2-31(27,28)25-16-18-7-4-3-6-17(18)14-19(25)22(26)23-15-20(21-8-5-13-30-21)24-9-11-29-12-10-24/h3-8,13,19-20H,2,9-12,14-16H2,1H3,(H,23,26). The van der Waals surface area contributed by atoms with Crippen molar-refractivity contribution >= 4 is 27.3 Å². The summed E-state index contributed by atoms with van der Waals surface area (Å²) < 4.78 is 32.4. The molecule has 2 aliphatic rings. The molecule has 1 saturated heterocycles. The van der Waals surface area contributed by atoms with Gasteiger partial charge in [0.15, 0.2) is 0 Å². The summed E-state index contributed by atoms with van der Waals surface area (Å²) in [4.78, 5) is 16.8. The van der Waals surface area contributed by atoms with Crippen LogP contribution in [0.3, 0.4) is 0 Å². The van der Waals surface area contributed by atoms with Crippen molar-refractivity contribution in [2.75, 3.05) is 38.6 Å². The molecule has 2 aliphatic heterocycles. The number of ether oxygens (including phenoxy) is 1. The average molecular weight is 464 g/mol. The molecule has 1 N–H and O–H groups in total. The molecule has 2 unspecified atom stereocenters. The molecule has 0 radical (unpaired) electrons. The van der Waals surface area contributed by atoms with Gasteiger partial charge in [-0.1, -0.05) is 30.3 Å². The second-order valence-corrected chi connectivity index (χ2v) is 11.0. The van der Waals surface area contributed by atoms with Crippen LogP contribution in [0.2, 0.25) is 0 Å². The number of carbonyl (C=O) groups excluding carboxylic acids is 1. The number of hydrogen-bond donors (Lipinski definition) is 1. The van der Waals surface area contributed by atoms with E-state index in [4.69, 9.17) is 4.74 Å². The van der Waals surface area contributed by atoms with Gasteiger partial charge >= 0.3 is 0 Å². The van der Waals surface area contributed by atoms with E-state index < -0.39 is 16.1 Å². The molecule has 0 aliphatic carbocycles. The number of benzene rings is 1. The number of rotatable bonds is 7. The normalized spacial score (nSPS) is 21.4. The van der Waals surface area contributed by atoms with Gasteiger partial charge in [0, 0.05) is 31.1 Å². The van der Waals surface area contributed by atoms with Crippen LogP contribution in [-0.4, -0.2) is 68.2 Å². The smallest absolute Gasteiger partial charge is 0.238 e. The highest BCUT2D eigenvalue weighted by molar-refractivity contribution is 7.89. The van der Waals surface area contributed by atoms with Crippen molar-refractivity contribution in [3.63, 3.8) is 0 Å². The van der Waals surface area contributed by atoms with Crippen molar-refractivity contribution in [2.24, 2.45) is 0 Å². The molecule has 0 bridgehead atoms. The van der Waals surface area contributed by atoms with Crippen molar-refractivity contribution in [1.29, 1.82) is 0 Å². The molecule has 0 spiro atoms. The summed E-state index contributed by atoms with van der Waals surface area (Å²) in [6.07, 6.45) is 0.391. The number of thiophene rings is 1. The van der Waals surface area contributed by atoms with E-state index in [2.05, 4.69) is 16.3 Å². The zero-order chi connectivity index (χ0) is 21.8. The largest absolute Gasteiger partial charge is 0.379 e. The first-order valence-corrected chi connectivity index (χ1v) is 13.2. The van der Waals surface area contributed by atoms with E-state index in [0.717, 1.165) is 24.2 Å². The molecule has 0 saturated carbocycles. The van der Waals surface area contributed by atoms with Gasteiger partial charge in [0.05, 0.1) is 25.0 Å². The van der Waals surface area contributed by atoms with Gasteiger partial charge in [0.1, 0.15) is 6.04 Å². The van der Waals surface area contributed by atoms with E-state index in [1.807, 2.05) is 35.7 Å². The highest BCUT2D eigenvalue weighted by Crippen LogP contribution is 2.28. The van der Waals surface area contributed by atoms with E-state index in [1.54, 1.807) is 18.3 Å². The molecule has 2 aromatic rings. The Morgan fingerprint density at radius 1 is 1.19 bits per heavy atom. The fraction of sp³-hybridized carbons (Fsp3) is 0.500. The van der Waals surface area contributed by atoms with Crippen LogP contribution in [0, 0.1) is 0 Å². The van der Waals surface area contributed by atoms with Crippen LogP contribution in [0.25, 0.3) is 0 Å². The molecule has 1 fully saturated rings. The lowest BCUT2D eigenvalue weighted by Gasteiger charge is -2.36. The topological polar surface area (TPSA) is 79.0 Å². The Hall–Kier alpha value is -1.78. The summed E-state index contributed by atoms with van der Waals surface area (Å²) in [5, 5.41) is 5.11. The second kappa shape index (κ2) is 9.79. The van der Waals surface area contributed by atoms with Crippen LogP contribution in [0.5, 0.6) is 0 Å². The number of amides is 1. The number of carbonyl (C=O) groups is 1. The zero-order valence-electron chi connectivity index (χ0n) is 17.7. The first kappa shape index (κ1) is 22.4. The van der Waals surface area contributed by atoms with Crippen molar-refractivity contribution in [2.45, 2.75) is 32.0 Å². The van der Waals surface area contributed by atoms with Crippen LogP contribution in [0.1, 0.15) is 29.0 Å². The number of nitrogens with one attached hydrogen (secondary N) is 1. The first-order valence-electron chi connectivity index (χ1n) is 10.7. The maximum Gasteiger partial charge on any atom is 0.238 e. The molecule has 1 aromatic heterocycles. The molecular formula is C22H29N3O4S2. The molecule has 9 heteroatoms. The predicted octanol–water partition coefficient (Wildman–Crippen LogP) is 2.01. The first-order chi connectivity index (χ1) is 15.0. The van der Waals surface area contributed by atoms with Crippen molar-refractivity contribution < 1.29 is 17.9 Å². The molecule has 168 valence electrons. The second-order valence-electron chi connectivity index (χ2n) is 7.86. The number of sulfonamides is 1. The average Bonchev–Trinajstić information content (AvgIpc) is 3.33. The lowest BCUT2D eigenvalue weighted by Crippen LogP contribution is -2.54. The Balaban J connectivity index is 1.52. The van der Waals surface area contributed by atoms with Crippen LogP contribution in [-0.2, 0) is 32.5 Å². The number of nitrogens with zero attached hydrogens (tertiary/aromatic N) is 2. The van der Waals surface area contributed by atoms with Crippen LogP contribution >= 0.6 is 11.3 Å². The van der Waals surface area contributed by atoms with E-state index in [9.17, 15) is 13.2 Å². The SMILES string of the molecule is CCS(=O)(=O)N1Cc2ccccc2CC1C(=O)NCC(c1cccs1)N1CCOCC1. The third kappa shape index (κ3) is 5.01. The van der Waals surface area contributed by atoms with Crippen LogP contribution < -0.4 is 5.32 Å². The lowest BCUT2D eigenvalue weighted by atomic mass is 9.95. The van der Waals surface area contributed by atoms with Crippen molar-refractivity contribution in [3.8, 4) is 0 Å². The van der Waals surface area contributed by atoms with E-state index in [0.29, 0.717) is 26.2 Å². The Labute approximate surface area is 188 Å². The zero-order valence-corrected chi connectivity index (χ0v) is 19.3. The molecule has 1 amide bonds. The Morgan fingerprint density at radius 3 is 2.61 bits per heavy atom. The van der Waals surface area contributed by atoms with Gasteiger partial charge in [-0.3, -0.25) is 9.69 Å². The monoisotopic (exact) mass is 463 g/mol. The molecule has 31 heavy (non-hydrogen) atoms. The lowest BCUT2D eigenvalue weighted by molar-refractivity contribution is -0.125. The predicted molar refractivity (Wildman–Crippen MR) is 121 cm³/mol. The minimum absolute atomic E-state index is 0.0233. The molecule has 7 nitrogen and oxygen atoms in total. The minimum Gasteiger partial charge on any atom is -0.379 e. The summed E-state index contributed by atoms with van der Waals surface area (Å²) >= 11 is 1.67. The maximum absolute atomic E-state index is 13.3. The molecule has 3 heterocycles. The summed E-state index contributed by atoms with van der Waals surface area (Å²) in [6.45, 7) is 5.28. The van der Waals surface area contributed by atoms with E-state index >= 15 is 0 Å². The number of hydrogen-bond acceptors (Lipinski definition) is 6. The Kier molecular flexibility index (Phi) is 7.08. The van der Waals surface area contributed by atoms with Gasteiger partial charge in [-0.15, -0.1) is 11.3 Å². The van der Waals surface area contributed by atoms with E-state index in [-0.39, 0.29) is 24.2 Å². The van der Waals surface area contributed by atoms with E-state index in [1.165, 1.54) is 9.18 Å². The van der Waals surface area contributed by atoms with Gasteiger partial charge in [-0.25, -0.2) is 8.42 Å². The fourth-order valence-electron chi connectivity index (χ4n) is 4.28. The molecular weight excluding hydrogens is 434 g/mol. The molecule has 1 aromatic carbocycles. The highest BCUT2D eigenvalue weighted by Gasteiger charge is 2.38. The number of morpholine rings is 1. The third-order valence-electron chi connectivity index (χ3n) is 6.06. The van der Waals surface area contributed by atoms with Crippen molar-refractivity contribution in [3.05, 3.63) is 57.8 Å².